The zero-order chi connectivity index (χ0) is 13.2. The molecular weight excluding hydrogens is 260 g/mol. The molecule has 0 radical (unpaired) electrons. The van der Waals surface area contributed by atoms with Crippen molar-refractivity contribution in [2.45, 2.75) is 18.9 Å². The molecule has 1 aliphatic rings. The van der Waals surface area contributed by atoms with Gasteiger partial charge in [0.05, 0.1) is 5.52 Å². The van der Waals surface area contributed by atoms with Gasteiger partial charge >= 0.3 is 0 Å². The first-order valence-electron chi connectivity index (χ1n) is 6.36. The SMILES string of the molecule is Nc1ccc2[nH]nc(C(=O)NC3CCCSC3)c2c1. The maximum absolute atomic E-state index is 12.3. The molecule has 1 aliphatic heterocycles. The average molecular weight is 276 g/mol. The zero-order valence-electron chi connectivity index (χ0n) is 10.5. The van der Waals surface area contributed by atoms with Crippen molar-refractivity contribution in [2.24, 2.45) is 0 Å². The summed E-state index contributed by atoms with van der Waals surface area (Å²) in [7, 11) is 0. The number of amides is 1. The summed E-state index contributed by atoms with van der Waals surface area (Å²) >= 11 is 1.89. The Labute approximate surface area is 115 Å². The predicted molar refractivity (Wildman–Crippen MR) is 78.3 cm³/mol. The van der Waals surface area contributed by atoms with Gasteiger partial charge in [0.2, 0.25) is 0 Å². The van der Waals surface area contributed by atoms with E-state index in [0.717, 1.165) is 29.5 Å². The van der Waals surface area contributed by atoms with Gasteiger partial charge in [-0.2, -0.15) is 16.9 Å². The van der Waals surface area contributed by atoms with Crippen LogP contribution >= 0.6 is 11.8 Å². The number of hydrogen-bond acceptors (Lipinski definition) is 4. The Kier molecular flexibility index (Phi) is 3.33. The Morgan fingerprint density at radius 2 is 2.42 bits per heavy atom. The number of nitrogen functional groups attached to an aromatic ring is 1. The lowest BCUT2D eigenvalue weighted by Crippen LogP contribution is -2.38. The molecule has 1 aromatic heterocycles. The fourth-order valence-corrected chi connectivity index (χ4v) is 3.39. The second-order valence-corrected chi connectivity index (χ2v) is 5.91. The number of nitrogens with one attached hydrogen (secondary N) is 2. The van der Waals surface area contributed by atoms with Gasteiger partial charge in [-0.1, -0.05) is 0 Å². The van der Waals surface area contributed by atoms with E-state index in [2.05, 4.69) is 15.5 Å². The number of carbonyl (C=O) groups excluding carboxylic acids is 1. The van der Waals surface area contributed by atoms with Gasteiger partial charge < -0.3 is 11.1 Å². The van der Waals surface area contributed by atoms with Crippen LogP contribution in [0.2, 0.25) is 0 Å². The molecule has 0 saturated carbocycles. The first-order chi connectivity index (χ1) is 9.24. The lowest BCUT2D eigenvalue weighted by Gasteiger charge is -2.21. The Balaban J connectivity index is 1.82. The van der Waals surface area contributed by atoms with Crippen molar-refractivity contribution in [2.75, 3.05) is 17.2 Å². The van der Waals surface area contributed by atoms with Crippen LogP contribution in [0.3, 0.4) is 0 Å². The molecule has 19 heavy (non-hydrogen) atoms. The van der Waals surface area contributed by atoms with Gasteiger partial charge in [-0.25, -0.2) is 0 Å². The maximum atomic E-state index is 12.3. The van der Waals surface area contributed by atoms with Gasteiger partial charge in [0.25, 0.3) is 5.91 Å². The summed E-state index contributed by atoms with van der Waals surface area (Å²) in [6, 6.07) is 5.66. The summed E-state index contributed by atoms with van der Waals surface area (Å²) < 4.78 is 0. The van der Waals surface area contributed by atoms with E-state index in [1.54, 1.807) is 12.1 Å². The molecule has 4 N–H and O–H groups in total. The van der Waals surface area contributed by atoms with E-state index in [4.69, 9.17) is 5.73 Å². The van der Waals surface area contributed by atoms with Crippen LogP contribution in [0.5, 0.6) is 0 Å². The highest BCUT2D eigenvalue weighted by Crippen LogP contribution is 2.20. The molecule has 1 unspecified atom stereocenters. The smallest absolute Gasteiger partial charge is 0.272 e. The van der Waals surface area contributed by atoms with E-state index < -0.39 is 0 Å². The molecule has 1 fully saturated rings. The lowest BCUT2D eigenvalue weighted by molar-refractivity contribution is 0.0935. The first kappa shape index (κ1) is 12.3. The minimum Gasteiger partial charge on any atom is -0.399 e. The van der Waals surface area contributed by atoms with E-state index in [1.807, 2.05) is 17.8 Å². The van der Waals surface area contributed by atoms with Crippen molar-refractivity contribution in [3.8, 4) is 0 Å². The summed E-state index contributed by atoms with van der Waals surface area (Å²) in [6.07, 6.45) is 2.20. The summed E-state index contributed by atoms with van der Waals surface area (Å²) in [5.41, 5.74) is 7.65. The molecule has 1 atom stereocenters. The number of nitrogens with two attached hydrogens (primary N) is 1. The Bertz CT molecular complexity index is 604. The number of thioether (sulfide) groups is 1. The molecule has 6 heteroatoms. The Hall–Kier alpha value is -1.69. The zero-order valence-corrected chi connectivity index (χ0v) is 11.3. The highest BCUT2D eigenvalue weighted by Gasteiger charge is 2.20. The summed E-state index contributed by atoms with van der Waals surface area (Å²) in [4.78, 5) is 12.3. The van der Waals surface area contributed by atoms with Crippen LogP contribution in [0.4, 0.5) is 5.69 Å². The molecule has 1 amide bonds. The maximum Gasteiger partial charge on any atom is 0.272 e. The van der Waals surface area contributed by atoms with Gasteiger partial charge in [0.1, 0.15) is 0 Å². The lowest BCUT2D eigenvalue weighted by atomic mass is 10.1. The van der Waals surface area contributed by atoms with E-state index in [9.17, 15) is 4.79 Å². The van der Waals surface area contributed by atoms with Crippen molar-refractivity contribution in [1.29, 1.82) is 0 Å². The highest BCUT2D eigenvalue weighted by molar-refractivity contribution is 7.99. The molecule has 2 heterocycles. The van der Waals surface area contributed by atoms with Crippen molar-refractivity contribution in [3.63, 3.8) is 0 Å². The topological polar surface area (TPSA) is 83.8 Å². The molecule has 0 bridgehead atoms. The molecule has 1 saturated heterocycles. The number of fused-ring (bicyclic) bond motifs is 1. The molecular formula is C13H16N4OS. The molecule has 3 rings (SSSR count). The summed E-state index contributed by atoms with van der Waals surface area (Å²) in [6.45, 7) is 0. The molecule has 0 spiro atoms. The van der Waals surface area contributed by atoms with Crippen LogP contribution in [0.25, 0.3) is 10.9 Å². The minimum absolute atomic E-state index is 0.121. The second-order valence-electron chi connectivity index (χ2n) is 4.76. The number of aromatic nitrogens is 2. The molecule has 100 valence electrons. The van der Waals surface area contributed by atoms with Gasteiger partial charge in [-0.15, -0.1) is 0 Å². The van der Waals surface area contributed by atoms with Gasteiger partial charge in [-0.3, -0.25) is 9.89 Å². The van der Waals surface area contributed by atoms with E-state index in [0.29, 0.717) is 11.4 Å². The molecule has 0 aliphatic carbocycles. The van der Waals surface area contributed by atoms with Crippen LogP contribution in [0.1, 0.15) is 23.3 Å². The highest BCUT2D eigenvalue weighted by atomic mass is 32.2. The normalized spacial score (nSPS) is 19.5. The van der Waals surface area contributed by atoms with Gasteiger partial charge in [-0.05, 0) is 36.8 Å². The average Bonchev–Trinajstić information content (AvgIpc) is 2.82. The number of H-pyrrole nitrogens is 1. The fraction of sp³-hybridized carbons (Fsp3) is 0.385. The summed E-state index contributed by atoms with van der Waals surface area (Å²) in [5, 5.41) is 10.8. The van der Waals surface area contributed by atoms with Crippen LogP contribution < -0.4 is 11.1 Å². The first-order valence-corrected chi connectivity index (χ1v) is 7.52. The summed E-state index contributed by atoms with van der Waals surface area (Å²) in [5.74, 6) is 2.05. The molecule has 1 aromatic carbocycles. The third-order valence-corrected chi connectivity index (χ3v) is 4.51. The van der Waals surface area contributed by atoms with Crippen LogP contribution in [0.15, 0.2) is 18.2 Å². The van der Waals surface area contributed by atoms with Crippen LogP contribution in [0, 0.1) is 0 Å². The van der Waals surface area contributed by atoms with Crippen molar-refractivity contribution >= 4 is 34.3 Å². The fourth-order valence-electron chi connectivity index (χ4n) is 2.31. The van der Waals surface area contributed by atoms with Crippen LogP contribution in [-0.4, -0.2) is 33.7 Å². The van der Waals surface area contributed by atoms with E-state index >= 15 is 0 Å². The quantitative estimate of drug-likeness (QED) is 0.730. The van der Waals surface area contributed by atoms with Crippen molar-refractivity contribution < 1.29 is 4.79 Å². The number of aromatic amines is 1. The third kappa shape index (κ3) is 2.53. The molecule has 2 aromatic rings. The predicted octanol–water partition coefficient (Wildman–Crippen LogP) is 1.77. The number of benzene rings is 1. The molecule has 5 nitrogen and oxygen atoms in total. The third-order valence-electron chi connectivity index (χ3n) is 3.30. The number of nitrogens with zero attached hydrogens (tertiary/aromatic N) is 1. The van der Waals surface area contributed by atoms with E-state index in [-0.39, 0.29) is 11.9 Å². The Morgan fingerprint density at radius 1 is 1.53 bits per heavy atom. The van der Waals surface area contributed by atoms with E-state index in [1.165, 1.54) is 5.75 Å². The number of anilines is 1. The van der Waals surface area contributed by atoms with Crippen molar-refractivity contribution in [3.05, 3.63) is 23.9 Å². The number of rotatable bonds is 2. The standard InChI is InChI=1S/C13H16N4OS/c14-8-3-4-11-10(6-8)12(17-16-11)13(18)15-9-2-1-5-19-7-9/h3-4,6,9H,1-2,5,7,14H2,(H,15,18)(H,16,17). The monoisotopic (exact) mass is 276 g/mol. The largest absolute Gasteiger partial charge is 0.399 e. The van der Waals surface area contributed by atoms with Gasteiger partial charge in [0, 0.05) is 22.9 Å². The van der Waals surface area contributed by atoms with Gasteiger partial charge in [0.15, 0.2) is 5.69 Å². The second kappa shape index (κ2) is 5.13. The van der Waals surface area contributed by atoms with Crippen LogP contribution in [-0.2, 0) is 0 Å². The van der Waals surface area contributed by atoms with Crippen molar-refractivity contribution in [1.82, 2.24) is 15.5 Å². The number of hydrogen-bond donors (Lipinski definition) is 3. The minimum atomic E-state index is -0.121. The number of carbonyl (C=O) groups is 1. The Morgan fingerprint density at radius 3 is 3.21 bits per heavy atom.